The Morgan fingerprint density at radius 2 is 2.06 bits per heavy atom. The van der Waals surface area contributed by atoms with Gasteiger partial charge in [-0.1, -0.05) is 23.2 Å². The van der Waals surface area contributed by atoms with Gasteiger partial charge in [0.25, 0.3) is 5.56 Å². The minimum atomic E-state index is -0.0662. The van der Waals surface area contributed by atoms with Crippen LogP contribution in [0.1, 0.15) is 17.7 Å². The van der Waals surface area contributed by atoms with E-state index in [0.717, 1.165) is 30.5 Å². The number of aromatic amines is 1. The number of aromatic nitrogens is 2. The Hall–Kier alpha value is -1.32. The second-order valence-corrected chi connectivity index (χ2v) is 5.16. The van der Waals surface area contributed by atoms with Gasteiger partial charge >= 0.3 is 0 Å². The average Bonchev–Trinajstić information content (AvgIpc) is 2.81. The van der Waals surface area contributed by atoms with Crippen molar-refractivity contribution in [2.24, 2.45) is 0 Å². The molecule has 0 fully saturated rings. The zero-order valence-corrected chi connectivity index (χ0v) is 11.0. The maximum Gasteiger partial charge on any atom is 0.254 e. The van der Waals surface area contributed by atoms with E-state index in [9.17, 15) is 4.79 Å². The van der Waals surface area contributed by atoms with Crippen LogP contribution in [0.2, 0.25) is 10.0 Å². The van der Waals surface area contributed by atoms with Crippen molar-refractivity contribution in [2.45, 2.75) is 19.3 Å². The fourth-order valence-electron chi connectivity index (χ4n) is 2.25. The molecule has 3 rings (SSSR count). The lowest BCUT2D eigenvalue weighted by Gasteiger charge is -2.06. The molecule has 0 radical (unpaired) electrons. The molecule has 2 aromatic rings. The molecule has 0 bridgehead atoms. The number of benzene rings is 1. The van der Waals surface area contributed by atoms with E-state index in [2.05, 4.69) is 9.97 Å². The number of hydrogen-bond acceptors (Lipinski definition) is 2. The topological polar surface area (TPSA) is 45.8 Å². The Labute approximate surface area is 114 Å². The Morgan fingerprint density at radius 3 is 2.89 bits per heavy atom. The Balaban J connectivity index is 2.21. The van der Waals surface area contributed by atoms with Crippen molar-refractivity contribution in [2.75, 3.05) is 0 Å². The fourth-order valence-corrected chi connectivity index (χ4v) is 2.63. The number of halogens is 2. The first-order chi connectivity index (χ1) is 8.65. The predicted octanol–water partition coefficient (Wildman–Crippen LogP) is 3.23. The summed E-state index contributed by atoms with van der Waals surface area (Å²) < 4.78 is 0. The van der Waals surface area contributed by atoms with Crippen molar-refractivity contribution in [1.29, 1.82) is 0 Å². The van der Waals surface area contributed by atoms with Crippen molar-refractivity contribution in [1.82, 2.24) is 9.97 Å². The van der Waals surface area contributed by atoms with Crippen LogP contribution in [-0.2, 0) is 12.8 Å². The average molecular weight is 281 g/mol. The summed E-state index contributed by atoms with van der Waals surface area (Å²) in [7, 11) is 0. The number of H-pyrrole nitrogens is 1. The van der Waals surface area contributed by atoms with Gasteiger partial charge in [-0.05, 0) is 37.5 Å². The van der Waals surface area contributed by atoms with E-state index >= 15 is 0 Å². The SMILES string of the molecule is O=c1[nH]c(-c2cc(Cl)ccc2Cl)nc2c1CCC2. The first kappa shape index (κ1) is 11.8. The minimum Gasteiger partial charge on any atom is -0.306 e. The lowest BCUT2D eigenvalue weighted by atomic mass is 10.2. The van der Waals surface area contributed by atoms with E-state index in [4.69, 9.17) is 23.2 Å². The van der Waals surface area contributed by atoms with Crippen molar-refractivity contribution < 1.29 is 0 Å². The molecular formula is C13H10Cl2N2O. The van der Waals surface area contributed by atoms with E-state index in [1.54, 1.807) is 18.2 Å². The van der Waals surface area contributed by atoms with Gasteiger partial charge in [-0.25, -0.2) is 4.98 Å². The predicted molar refractivity (Wildman–Crippen MR) is 72.3 cm³/mol. The van der Waals surface area contributed by atoms with Crippen LogP contribution in [0.5, 0.6) is 0 Å². The van der Waals surface area contributed by atoms with Crippen LogP contribution in [0.25, 0.3) is 11.4 Å². The number of rotatable bonds is 1. The highest BCUT2D eigenvalue weighted by atomic mass is 35.5. The Morgan fingerprint density at radius 1 is 1.22 bits per heavy atom. The van der Waals surface area contributed by atoms with Crippen molar-refractivity contribution in [3.63, 3.8) is 0 Å². The molecule has 0 amide bonds. The molecule has 1 heterocycles. The molecule has 5 heteroatoms. The van der Waals surface area contributed by atoms with Crippen LogP contribution in [-0.4, -0.2) is 9.97 Å². The molecule has 0 atom stereocenters. The second-order valence-electron chi connectivity index (χ2n) is 4.32. The molecule has 0 aliphatic heterocycles. The highest BCUT2D eigenvalue weighted by Gasteiger charge is 2.18. The summed E-state index contributed by atoms with van der Waals surface area (Å²) >= 11 is 12.1. The molecule has 0 unspecified atom stereocenters. The molecule has 1 aliphatic carbocycles. The van der Waals surface area contributed by atoms with Gasteiger partial charge in [-0.2, -0.15) is 0 Å². The monoisotopic (exact) mass is 280 g/mol. The summed E-state index contributed by atoms with van der Waals surface area (Å²) in [5.41, 5.74) is 2.28. The summed E-state index contributed by atoms with van der Waals surface area (Å²) in [6, 6.07) is 5.12. The summed E-state index contributed by atoms with van der Waals surface area (Å²) in [6.07, 6.45) is 2.64. The van der Waals surface area contributed by atoms with Crippen LogP contribution < -0.4 is 5.56 Å². The number of hydrogen-bond donors (Lipinski definition) is 1. The molecule has 1 aliphatic rings. The highest BCUT2D eigenvalue weighted by molar-refractivity contribution is 6.35. The minimum absolute atomic E-state index is 0.0662. The lowest BCUT2D eigenvalue weighted by molar-refractivity contribution is 0.899. The van der Waals surface area contributed by atoms with Gasteiger partial charge in [0.2, 0.25) is 0 Å². The third-order valence-corrected chi connectivity index (χ3v) is 3.69. The Bertz CT molecular complexity index is 679. The summed E-state index contributed by atoms with van der Waals surface area (Å²) in [5, 5.41) is 1.10. The van der Waals surface area contributed by atoms with Crippen LogP contribution in [0.3, 0.4) is 0 Å². The van der Waals surface area contributed by atoms with Gasteiger partial charge in [0.15, 0.2) is 0 Å². The van der Waals surface area contributed by atoms with Gasteiger partial charge in [0, 0.05) is 16.1 Å². The van der Waals surface area contributed by atoms with Crippen molar-refractivity contribution in [3.05, 3.63) is 49.9 Å². The molecule has 0 spiro atoms. The van der Waals surface area contributed by atoms with E-state index in [1.165, 1.54) is 0 Å². The van der Waals surface area contributed by atoms with Crippen LogP contribution in [0, 0.1) is 0 Å². The second kappa shape index (κ2) is 4.41. The first-order valence-corrected chi connectivity index (χ1v) is 6.48. The summed E-state index contributed by atoms with van der Waals surface area (Å²) in [4.78, 5) is 19.2. The largest absolute Gasteiger partial charge is 0.306 e. The molecular weight excluding hydrogens is 271 g/mol. The highest BCUT2D eigenvalue weighted by Crippen LogP contribution is 2.29. The zero-order chi connectivity index (χ0) is 12.7. The van der Waals surface area contributed by atoms with Crippen molar-refractivity contribution >= 4 is 23.2 Å². The summed E-state index contributed by atoms with van der Waals surface area (Å²) in [5.74, 6) is 0.494. The number of fused-ring (bicyclic) bond motifs is 1. The smallest absolute Gasteiger partial charge is 0.254 e. The summed E-state index contributed by atoms with van der Waals surface area (Å²) in [6.45, 7) is 0. The third kappa shape index (κ3) is 1.93. The van der Waals surface area contributed by atoms with Gasteiger partial charge in [0.1, 0.15) is 5.82 Å². The number of nitrogens with zero attached hydrogens (tertiary/aromatic N) is 1. The molecule has 1 N–H and O–H groups in total. The standard InChI is InChI=1S/C13H10Cl2N2O/c14-7-4-5-10(15)9(6-7)12-16-11-3-1-2-8(11)13(18)17-12/h4-6H,1-3H2,(H,16,17,18). The van der Waals surface area contributed by atoms with Gasteiger partial charge in [0.05, 0.1) is 10.7 Å². The molecule has 1 aromatic heterocycles. The molecule has 1 aromatic carbocycles. The fraction of sp³-hybridized carbons (Fsp3) is 0.231. The molecule has 92 valence electrons. The van der Waals surface area contributed by atoms with Gasteiger partial charge in [-0.3, -0.25) is 4.79 Å². The van der Waals surface area contributed by atoms with Gasteiger partial charge in [-0.15, -0.1) is 0 Å². The van der Waals surface area contributed by atoms with Crippen LogP contribution >= 0.6 is 23.2 Å². The number of aryl methyl sites for hydroxylation is 1. The molecule has 3 nitrogen and oxygen atoms in total. The maximum atomic E-state index is 11.9. The van der Waals surface area contributed by atoms with Crippen LogP contribution in [0.15, 0.2) is 23.0 Å². The van der Waals surface area contributed by atoms with Crippen molar-refractivity contribution in [3.8, 4) is 11.4 Å². The van der Waals surface area contributed by atoms with Crippen LogP contribution in [0.4, 0.5) is 0 Å². The Kier molecular flexibility index (Phi) is 2.88. The number of nitrogens with one attached hydrogen (secondary N) is 1. The quantitative estimate of drug-likeness (QED) is 0.872. The molecule has 0 saturated carbocycles. The van der Waals surface area contributed by atoms with E-state index in [-0.39, 0.29) is 5.56 Å². The van der Waals surface area contributed by atoms with E-state index in [1.807, 2.05) is 0 Å². The van der Waals surface area contributed by atoms with E-state index in [0.29, 0.717) is 21.4 Å². The first-order valence-electron chi connectivity index (χ1n) is 5.72. The van der Waals surface area contributed by atoms with Gasteiger partial charge < -0.3 is 4.98 Å². The maximum absolute atomic E-state index is 11.9. The lowest BCUT2D eigenvalue weighted by Crippen LogP contribution is -2.15. The molecule has 0 saturated heterocycles. The van der Waals surface area contributed by atoms with E-state index < -0.39 is 0 Å². The third-order valence-electron chi connectivity index (χ3n) is 3.13. The molecule has 18 heavy (non-hydrogen) atoms. The zero-order valence-electron chi connectivity index (χ0n) is 9.46. The normalized spacial score (nSPS) is 13.7.